The molecule has 2 N–H and O–H groups in total. The minimum Gasteiger partial charge on any atom is -0.405 e. The van der Waals surface area contributed by atoms with Gasteiger partial charge in [0.2, 0.25) is 0 Å². The summed E-state index contributed by atoms with van der Waals surface area (Å²) in [5, 5.41) is 0. The molecule has 0 aliphatic heterocycles. The molecule has 6 heteroatoms. The highest BCUT2D eigenvalue weighted by Gasteiger charge is 2.32. The van der Waals surface area contributed by atoms with Crippen molar-refractivity contribution in [2.45, 2.75) is 12.8 Å². The Bertz CT molecular complexity index is 625. The maximum atomic E-state index is 13.6. The van der Waals surface area contributed by atoms with E-state index in [0.717, 1.165) is 0 Å². The van der Waals surface area contributed by atoms with Gasteiger partial charge in [-0.2, -0.15) is 0 Å². The van der Waals surface area contributed by atoms with Gasteiger partial charge in [-0.05, 0) is 42.3 Å². The molecule has 0 saturated carbocycles. The van der Waals surface area contributed by atoms with Gasteiger partial charge in [-0.15, -0.1) is 13.2 Å². The summed E-state index contributed by atoms with van der Waals surface area (Å²) in [5.74, 6) is -0.756. The molecule has 0 saturated heterocycles. The zero-order valence-electron chi connectivity index (χ0n) is 11.0. The van der Waals surface area contributed by atoms with E-state index in [2.05, 4.69) is 4.74 Å². The lowest BCUT2D eigenvalue weighted by atomic mass is 10.0. The predicted octanol–water partition coefficient (Wildman–Crippen LogP) is 3.89. The third-order valence-corrected chi connectivity index (χ3v) is 2.88. The van der Waals surface area contributed by atoms with Crippen molar-refractivity contribution in [3.63, 3.8) is 0 Å². The molecule has 0 fully saturated rings. The topological polar surface area (TPSA) is 35.2 Å². The second-order valence-corrected chi connectivity index (χ2v) is 4.39. The van der Waals surface area contributed by atoms with E-state index in [1.165, 1.54) is 36.4 Å². The van der Waals surface area contributed by atoms with Crippen molar-refractivity contribution in [2.24, 2.45) is 5.73 Å². The van der Waals surface area contributed by atoms with E-state index in [9.17, 15) is 17.6 Å². The van der Waals surface area contributed by atoms with E-state index in [0.29, 0.717) is 17.5 Å². The van der Waals surface area contributed by atoms with Crippen LogP contribution in [0.1, 0.15) is 5.56 Å². The zero-order chi connectivity index (χ0) is 15.5. The molecule has 0 aliphatic carbocycles. The maximum Gasteiger partial charge on any atom is 0.573 e. The number of ether oxygens (including phenoxy) is 1. The van der Waals surface area contributed by atoms with Crippen molar-refractivity contribution in [2.75, 3.05) is 6.54 Å². The van der Waals surface area contributed by atoms with Crippen LogP contribution in [0.4, 0.5) is 17.6 Å². The van der Waals surface area contributed by atoms with Gasteiger partial charge >= 0.3 is 6.36 Å². The summed E-state index contributed by atoms with van der Waals surface area (Å²) < 4.78 is 54.8. The SMILES string of the molecule is NCCc1cc(-c2ccccc2OC(F)(F)F)ccc1F. The Labute approximate surface area is 119 Å². The Morgan fingerprint density at radius 3 is 2.43 bits per heavy atom. The standard InChI is InChI=1S/C15H13F4NO/c16-13-6-5-10(9-11(13)7-8-20)12-3-1-2-4-14(12)21-15(17,18)19/h1-6,9H,7-8,20H2. The molecule has 0 amide bonds. The second kappa shape index (κ2) is 6.13. The number of nitrogens with two attached hydrogens (primary N) is 1. The number of hydrogen-bond acceptors (Lipinski definition) is 2. The number of rotatable bonds is 4. The smallest absolute Gasteiger partial charge is 0.405 e. The molecule has 2 nitrogen and oxygen atoms in total. The molecule has 0 aliphatic rings. The summed E-state index contributed by atoms with van der Waals surface area (Å²) in [6, 6.07) is 9.84. The number of para-hydroxylation sites is 1. The average Bonchev–Trinajstić information content (AvgIpc) is 2.40. The maximum absolute atomic E-state index is 13.6. The van der Waals surface area contributed by atoms with Gasteiger partial charge in [-0.3, -0.25) is 0 Å². The largest absolute Gasteiger partial charge is 0.573 e. The van der Waals surface area contributed by atoms with E-state index < -0.39 is 12.2 Å². The van der Waals surface area contributed by atoms with Crippen LogP contribution >= 0.6 is 0 Å². The second-order valence-electron chi connectivity index (χ2n) is 4.39. The quantitative estimate of drug-likeness (QED) is 0.869. The van der Waals surface area contributed by atoms with Crippen molar-refractivity contribution in [1.82, 2.24) is 0 Å². The molecule has 112 valence electrons. The van der Waals surface area contributed by atoms with Crippen LogP contribution < -0.4 is 10.5 Å². The Kier molecular flexibility index (Phi) is 4.47. The van der Waals surface area contributed by atoms with E-state index in [-0.39, 0.29) is 17.9 Å². The lowest BCUT2D eigenvalue weighted by Crippen LogP contribution is -2.17. The number of hydrogen-bond donors (Lipinski definition) is 1. The van der Waals surface area contributed by atoms with Gasteiger partial charge in [-0.1, -0.05) is 24.3 Å². The zero-order valence-corrected chi connectivity index (χ0v) is 11.0. The molecular weight excluding hydrogens is 286 g/mol. The van der Waals surface area contributed by atoms with Crippen molar-refractivity contribution < 1.29 is 22.3 Å². The summed E-state index contributed by atoms with van der Waals surface area (Å²) in [6.07, 6.45) is -4.47. The van der Waals surface area contributed by atoms with Gasteiger partial charge in [0.25, 0.3) is 0 Å². The number of benzene rings is 2. The van der Waals surface area contributed by atoms with Gasteiger partial charge in [0, 0.05) is 5.56 Å². The summed E-state index contributed by atoms with van der Waals surface area (Å²) in [5.41, 5.74) is 6.44. The van der Waals surface area contributed by atoms with Crippen LogP contribution in [0.25, 0.3) is 11.1 Å². The fourth-order valence-electron chi connectivity index (χ4n) is 2.01. The number of halogens is 4. The van der Waals surface area contributed by atoms with Gasteiger partial charge in [0.1, 0.15) is 11.6 Å². The first kappa shape index (κ1) is 15.3. The van der Waals surface area contributed by atoms with Crippen molar-refractivity contribution in [3.8, 4) is 16.9 Å². The fourth-order valence-corrected chi connectivity index (χ4v) is 2.01. The van der Waals surface area contributed by atoms with Crippen LogP contribution in [0, 0.1) is 5.82 Å². The molecule has 0 atom stereocenters. The van der Waals surface area contributed by atoms with Crippen LogP contribution in [0.15, 0.2) is 42.5 Å². The van der Waals surface area contributed by atoms with Crippen molar-refractivity contribution in [3.05, 3.63) is 53.8 Å². The summed E-state index contributed by atoms with van der Waals surface area (Å²) in [7, 11) is 0. The van der Waals surface area contributed by atoms with Crippen LogP contribution in [0.2, 0.25) is 0 Å². The molecule has 21 heavy (non-hydrogen) atoms. The van der Waals surface area contributed by atoms with E-state index in [4.69, 9.17) is 5.73 Å². The molecule has 2 aromatic carbocycles. The first-order chi connectivity index (χ1) is 9.90. The lowest BCUT2D eigenvalue weighted by Gasteiger charge is -2.14. The van der Waals surface area contributed by atoms with Gasteiger partial charge in [-0.25, -0.2) is 4.39 Å². The Balaban J connectivity index is 2.44. The summed E-state index contributed by atoms with van der Waals surface area (Å²) >= 11 is 0. The monoisotopic (exact) mass is 299 g/mol. The highest BCUT2D eigenvalue weighted by molar-refractivity contribution is 5.71. The van der Waals surface area contributed by atoms with E-state index >= 15 is 0 Å². The van der Waals surface area contributed by atoms with Crippen molar-refractivity contribution >= 4 is 0 Å². The van der Waals surface area contributed by atoms with Crippen LogP contribution in [-0.2, 0) is 6.42 Å². The Morgan fingerprint density at radius 1 is 1.05 bits per heavy atom. The highest BCUT2D eigenvalue weighted by atomic mass is 19.4. The van der Waals surface area contributed by atoms with Crippen molar-refractivity contribution in [1.29, 1.82) is 0 Å². The molecule has 0 heterocycles. The van der Waals surface area contributed by atoms with Crippen LogP contribution in [0.3, 0.4) is 0 Å². The molecule has 2 rings (SSSR count). The average molecular weight is 299 g/mol. The molecule has 0 unspecified atom stereocenters. The molecule has 0 aromatic heterocycles. The number of alkyl halides is 3. The molecule has 0 radical (unpaired) electrons. The highest BCUT2D eigenvalue weighted by Crippen LogP contribution is 2.34. The van der Waals surface area contributed by atoms with Gasteiger partial charge in [0.15, 0.2) is 0 Å². The Hall–Kier alpha value is -2.08. The minimum atomic E-state index is -4.78. The lowest BCUT2D eigenvalue weighted by molar-refractivity contribution is -0.274. The summed E-state index contributed by atoms with van der Waals surface area (Å²) in [6.45, 7) is 0.251. The Morgan fingerprint density at radius 2 is 1.76 bits per heavy atom. The predicted molar refractivity (Wildman–Crippen MR) is 71.3 cm³/mol. The molecule has 2 aromatic rings. The third kappa shape index (κ3) is 3.95. The molecular formula is C15H13F4NO. The van der Waals surface area contributed by atoms with E-state index in [1.54, 1.807) is 6.07 Å². The molecule has 0 spiro atoms. The molecule has 0 bridgehead atoms. The van der Waals surface area contributed by atoms with E-state index in [1.807, 2.05) is 0 Å². The van der Waals surface area contributed by atoms with Crippen LogP contribution in [-0.4, -0.2) is 12.9 Å². The fraction of sp³-hybridized carbons (Fsp3) is 0.200. The van der Waals surface area contributed by atoms with Gasteiger partial charge < -0.3 is 10.5 Å². The summed E-state index contributed by atoms with van der Waals surface area (Å²) in [4.78, 5) is 0. The first-order valence-corrected chi connectivity index (χ1v) is 6.24. The van der Waals surface area contributed by atoms with Crippen LogP contribution in [0.5, 0.6) is 5.75 Å². The normalized spacial score (nSPS) is 11.5. The van der Waals surface area contributed by atoms with Gasteiger partial charge in [0.05, 0.1) is 0 Å². The first-order valence-electron chi connectivity index (χ1n) is 6.24. The minimum absolute atomic E-state index is 0.244. The third-order valence-electron chi connectivity index (χ3n) is 2.88.